The van der Waals surface area contributed by atoms with Crippen molar-refractivity contribution in [3.8, 4) is 0 Å². The Morgan fingerprint density at radius 2 is 1.91 bits per heavy atom. The fraction of sp³-hybridized carbons (Fsp3) is 0.706. The molecule has 2 aliphatic rings. The summed E-state index contributed by atoms with van der Waals surface area (Å²) < 4.78 is 0. The van der Waals surface area contributed by atoms with Crippen molar-refractivity contribution in [3.05, 3.63) is 17.7 Å². The van der Waals surface area contributed by atoms with Gasteiger partial charge in [-0.1, -0.05) is 0 Å². The number of hydrogen-bond acceptors (Lipinski definition) is 3. The smallest absolute Gasteiger partial charge is 0.225 e. The summed E-state index contributed by atoms with van der Waals surface area (Å²) in [5.41, 5.74) is 1.07. The monoisotopic (exact) mass is 318 g/mol. The summed E-state index contributed by atoms with van der Waals surface area (Å²) in [5, 5.41) is 0. The molecule has 6 nitrogen and oxygen atoms in total. The number of hydrogen-bond donors (Lipinski definition) is 1. The van der Waals surface area contributed by atoms with Gasteiger partial charge in [0.1, 0.15) is 5.82 Å². The van der Waals surface area contributed by atoms with E-state index < -0.39 is 0 Å². The molecule has 3 rings (SSSR count). The van der Waals surface area contributed by atoms with Crippen LogP contribution in [0.2, 0.25) is 0 Å². The van der Waals surface area contributed by atoms with Crippen LogP contribution in [0.5, 0.6) is 0 Å². The molecule has 1 aromatic heterocycles. The second kappa shape index (κ2) is 6.72. The van der Waals surface area contributed by atoms with Gasteiger partial charge in [0.05, 0.1) is 0 Å². The van der Waals surface area contributed by atoms with Crippen molar-refractivity contribution in [1.29, 1.82) is 0 Å². The molecule has 2 saturated heterocycles. The fourth-order valence-corrected chi connectivity index (χ4v) is 3.74. The van der Waals surface area contributed by atoms with Crippen LogP contribution in [0.3, 0.4) is 0 Å². The van der Waals surface area contributed by atoms with Gasteiger partial charge in [-0.05, 0) is 32.6 Å². The highest BCUT2D eigenvalue weighted by molar-refractivity contribution is 5.80. The first kappa shape index (κ1) is 16.0. The van der Waals surface area contributed by atoms with E-state index in [4.69, 9.17) is 0 Å². The molecule has 2 aliphatic heterocycles. The van der Waals surface area contributed by atoms with Gasteiger partial charge in [0, 0.05) is 56.8 Å². The lowest BCUT2D eigenvalue weighted by Crippen LogP contribution is -2.46. The Kier molecular flexibility index (Phi) is 4.68. The maximum atomic E-state index is 12.8. The molecular weight excluding hydrogens is 292 g/mol. The van der Waals surface area contributed by atoms with Gasteiger partial charge < -0.3 is 14.8 Å². The number of amides is 2. The number of aromatic nitrogens is 2. The first-order valence-electron chi connectivity index (χ1n) is 8.60. The standard InChI is InChI=1S/C17H26N4O2/c1-12-10-18-16(19-12)15-4-3-7-21(11-15)17(23)14-5-8-20(9-6-14)13(2)22/h10,14-15H,3-9,11H2,1-2H3,(H,18,19)/t15-/m1/s1. The normalized spacial score (nSPS) is 23.1. The number of nitrogens with zero attached hydrogens (tertiary/aromatic N) is 3. The number of aromatic amines is 1. The molecule has 23 heavy (non-hydrogen) atoms. The molecule has 0 bridgehead atoms. The first-order chi connectivity index (χ1) is 11.0. The maximum absolute atomic E-state index is 12.8. The Hall–Kier alpha value is -1.85. The number of H-pyrrole nitrogens is 1. The zero-order chi connectivity index (χ0) is 16.4. The van der Waals surface area contributed by atoms with E-state index in [1.165, 1.54) is 0 Å². The van der Waals surface area contributed by atoms with Crippen molar-refractivity contribution in [2.24, 2.45) is 5.92 Å². The molecule has 0 aliphatic carbocycles. The van der Waals surface area contributed by atoms with E-state index in [1.54, 1.807) is 6.92 Å². The molecule has 0 radical (unpaired) electrons. The lowest BCUT2D eigenvalue weighted by Gasteiger charge is -2.37. The third-order valence-corrected chi connectivity index (χ3v) is 5.13. The summed E-state index contributed by atoms with van der Waals surface area (Å²) in [6.07, 6.45) is 5.55. The van der Waals surface area contributed by atoms with Crippen molar-refractivity contribution in [2.75, 3.05) is 26.2 Å². The lowest BCUT2D eigenvalue weighted by atomic mass is 9.92. The Labute approximate surface area is 137 Å². The highest BCUT2D eigenvalue weighted by atomic mass is 16.2. The summed E-state index contributed by atoms with van der Waals surface area (Å²) in [6, 6.07) is 0. The van der Waals surface area contributed by atoms with Gasteiger partial charge >= 0.3 is 0 Å². The lowest BCUT2D eigenvalue weighted by molar-refractivity contribution is -0.141. The van der Waals surface area contributed by atoms with Crippen molar-refractivity contribution >= 4 is 11.8 Å². The second-order valence-corrected chi connectivity index (χ2v) is 6.86. The number of imidazole rings is 1. The van der Waals surface area contributed by atoms with Crippen molar-refractivity contribution in [3.63, 3.8) is 0 Å². The number of piperidine rings is 2. The largest absolute Gasteiger partial charge is 0.346 e. The summed E-state index contributed by atoms with van der Waals surface area (Å²) in [7, 11) is 0. The van der Waals surface area contributed by atoms with E-state index in [0.717, 1.165) is 50.3 Å². The molecule has 126 valence electrons. The van der Waals surface area contributed by atoms with E-state index in [2.05, 4.69) is 9.97 Å². The Morgan fingerprint density at radius 1 is 1.17 bits per heavy atom. The Morgan fingerprint density at radius 3 is 2.52 bits per heavy atom. The molecule has 1 N–H and O–H groups in total. The molecule has 2 amide bonds. The van der Waals surface area contributed by atoms with Crippen LogP contribution in [0.1, 0.15) is 50.0 Å². The molecule has 1 aromatic rings. The third-order valence-electron chi connectivity index (χ3n) is 5.13. The third kappa shape index (κ3) is 3.57. The van der Waals surface area contributed by atoms with E-state index in [9.17, 15) is 9.59 Å². The second-order valence-electron chi connectivity index (χ2n) is 6.86. The predicted octanol–water partition coefficient (Wildman–Crippen LogP) is 1.68. The number of carbonyl (C=O) groups excluding carboxylic acids is 2. The van der Waals surface area contributed by atoms with Gasteiger partial charge in [0.25, 0.3) is 0 Å². The van der Waals surface area contributed by atoms with Crippen LogP contribution in [0.25, 0.3) is 0 Å². The van der Waals surface area contributed by atoms with Crippen LogP contribution in [0.4, 0.5) is 0 Å². The molecule has 0 spiro atoms. The van der Waals surface area contributed by atoms with Crippen molar-refractivity contribution in [2.45, 2.75) is 45.4 Å². The highest BCUT2D eigenvalue weighted by Crippen LogP contribution is 2.28. The minimum absolute atomic E-state index is 0.0719. The van der Waals surface area contributed by atoms with Crippen LogP contribution >= 0.6 is 0 Å². The average Bonchev–Trinajstić information content (AvgIpc) is 3.01. The van der Waals surface area contributed by atoms with E-state index in [-0.39, 0.29) is 17.7 Å². The van der Waals surface area contributed by atoms with E-state index in [1.807, 2.05) is 22.9 Å². The Bertz CT molecular complexity index is 575. The van der Waals surface area contributed by atoms with Gasteiger partial charge in [-0.3, -0.25) is 9.59 Å². The number of nitrogens with one attached hydrogen (secondary N) is 1. The van der Waals surface area contributed by atoms with Crippen molar-refractivity contribution < 1.29 is 9.59 Å². The topological polar surface area (TPSA) is 69.3 Å². The van der Waals surface area contributed by atoms with E-state index >= 15 is 0 Å². The summed E-state index contributed by atoms with van der Waals surface area (Å²) >= 11 is 0. The first-order valence-corrected chi connectivity index (χ1v) is 8.60. The maximum Gasteiger partial charge on any atom is 0.225 e. The SMILES string of the molecule is CC(=O)N1CCC(C(=O)N2CCC[C@@H](c3ncc(C)[nH]3)C2)CC1. The van der Waals surface area contributed by atoms with Crippen LogP contribution < -0.4 is 0 Å². The van der Waals surface area contributed by atoms with Gasteiger partial charge in [-0.15, -0.1) is 0 Å². The van der Waals surface area contributed by atoms with Crippen LogP contribution in [-0.2, 0) is 9.59 Å². The number of rotatable bonds is 2. The van der Waals surface area contributed by atoms with Crippen LogP contribution in [0.15, 0.2) is 6.20 Å². The zero-order valence-corrected chi connectivity index (χ0v) is 14.0. The minimum atomic E-state index is 0.0719. The molecule has 6 heteroatoms. The van der Waals surface area contributed by atoms with Gasteiger partial charge in [0.15, 0.2) is 0 Å². The molecule has 0 aromatic carbocycles. The van der Waals surface area contributed by atoms with Gasteiger partial charge in [0.2, 0.25) is 11.8 Å². The molecule has 0 unspecified atom stereocenters. The molecular formula is C17H26N4O2. The quantitative estimate of drug-likeness (QED) is 0.902. The van der Waals surface area contributed by atoms with E-state index in [0.29, 0.717) is 19.0 Å². The molecule has 1 atom stereocenters. The molecule has 2 fully saturated rings. The number of carbonyl (C=O) groups is 2. The fourth-order valence-electron chi connectivity index (χ4n) is 3.74. The Balaban J connectivity index is 1.58. The average molecular weight is 318 g/mol. The zero-order valence-electron chi connectivity index (χ0n) is 14.0. The van der Waals surface area contributed by atoms with Crippen LogP contribution in [-0.4, -0.2) is 57.8 Å². The van der Waals surface area contributed by atoms with Crippen molar-refractivity contribution in [1.82, 2.24) is 19.8 Å². The summed E-state index contributed by atoms with van der Waals surface area (Å²) in [5.74, 6) is 1.77. The predicted molar refractivity (Wildman–Crippen MR) is 86.9 cm³/mol. The number of likely N-dealkylation sites (tertiary alicyclic amines) is 2. The van der Waals surface area contributed by atoms with Gasteiger partial charge in [-0.2, -0.15) is 0 Å². The molecule has 3 heterocycles. The highest BCUT2D eigenvalue weighted by Gasteiger charge is 2.32. The number of aryl methyl sites for hydroxylation is 1. The minimum Gasteiger partial charge on any atom is -0.346 e. The summed E-state index contributed by atoms with van der Waals surface area (Å²) in [4.78, 5) is 35.8. The van der Waals surface area contributed by atoms with Gasteiger partial charge in [-0.25, -0.2) is 4.98 Å². The summed E-state index contributed by atoms with van der Waals surface area (Å²) in [6.45, 7) is 6.63. The molecule has 0 saturated carbocycles. The van der Waals surface area contributed by atoms with Crippen LogP contribution in [0, 0.1) is 12.8 Å².